The van der Waals surface area contributed by atoms with Gasteiger partial charge in [-0.25, -0.2) is 0 Å². The van der Waals surface area contributed by atoms with E-state index in [-0.39, 0.29) is 5.76 Å². The number of aromatic nitrogens is 2. The van der Waals surface area contributed by atoms with Gasteiger partial charge in [0.25, 0.3) is 5.91 Å². The van der Waals surface area contributed by atoms with Crippen molar-refractivity contribution in [2.75, 3.05) is 5.32 Å². The zero-order chi connectivity index (χ0) is 16.2. The van der Waals surface area contributed by atoms with Crippen LogP contribution in [0.4, 0.5) is 11.6 Å². The first-order chi connectivity index (χ1) is 11.1. The van der Waals surface area contributed by atoms with Gasteiger partial charge >= 0.3 is 5.88 Å². The van der Waals surface area contributed by atoms with Crippen LogP contribution in [0, 0.1) is 10.1 Å². The Morgan fingerprint density at radius 3 is 2.87 bits per heavy atom. The van der Waals surface area contributed by atoms with Crippen LogP contribution in [0.15, 0.2) is 59.3 Å². The summed E-state index contributed by atoms with van der Waals surface area (Å²) in [5.41, 5.74) is 1.52. The van der Waals surface area contributed by atoms with E-state index in [2.05, 4.69) is 10.4 Å². The average Bonchev–Trinajstić information content (AvgIpc) is 3.18. The maximum absolute atomic E-state index is 12.0. The number of anilines is 1. The summed E-state index contributed by atoms with van der Waals surface area (Å²) in [5.74, 6) is -1.13. The Balaban J connectivity index is 1.71. The highest BCUT2D eigenvalue weighted by atomic mass is 16.6. The first kappa shape index (κ1) is 14.5. The molecule has 1 N–H and O–H groups in total. The summed E-state index contributed by atoms with van der Waals surface area (Å²) in [4.78, 5) is 21.9. The highest BCUT2D eigenvalue weighted by Gasteiger charge is 2.17. The Labute approximate surface area is 130 Å². The molecule has 0 atom stereocenters. The predicted octanol–water partition coefficient (Wildman–Crippen LogP) is 2.68. The van der Waals surface area contributed by atoms with Crippen molar-refractivity contribution in [3.8, 4) is 0 Å². The molecule has 8 heteroatoms. The quantitative estimate of drug-likeness (QED) is 0.576. The fraction of sp³-hybridized carbons (Fsp3) is 0.0667. The number of carbonyl (C=O) groups is 1. The molecule has 0 aliphatic rings. The van der Waals surface area contributed by atoms with Gasteiger partial charge in [0.1, 0.15) is 4.92 Å². The molecule has 0 bridgehead atoms. The smallest absolute Gasteiger partial charge is 0.395 e. The Bertz CT molecular complexity index is 839. The van der Waals surface area contributed by atoms with E-state index >= 15 is 0 Å². The first-order valence-electron chi connectivity index (χ1n) is 6.74. The van der Waals surface area contributed by atoms with E-state index in [4.69, 9.17) is 4.42 Å². The molecule has 23 heavy (non-hydrogen) atoms. The molecule has 2 aromatic heterocycles. The van der Waals surface area contributed by atoms with Crippen LogP contribution < -0.4 is 5.32 Å². The number of nitro groups is 1. The van der Waals surface area contributed by atoms with E-state index in [0.717, 1.165) is 11.6 Å². The number of furan rings is 1. The van der Waals surface area contributed by atoms with Crippen molar-refractivity contribution in [3.63, 3.8) is 0 Å². The van der Waals surface area contributed by atoms with Gasteiger partial charge in [0, 0.05) is 18.1 Å². The molecule has 0 saturated carbocycles. The highest BCUT2D eigenvalue weighted by Crippen LogP contribution is 2.18. The summed E-state index contributed by atoms with van der Waals surface area (Å²) in [6.07, 6.45) is 3.53. The molecule has 3 aromatic rings. The molecule has 8 nitrogen and oxygen atoms in total. The lowest BCUT2D eigenvalue weighted by Crippen LogP contribution is -2.11. The number of hydrogen-bond donors (Lipinski definition) is 1. The Morgan fingerprint density at radius 1 is 1.30 bits per heavy atom. The van der Waals surface area contributed by atoms with Crippen molar-refractivity contribution >= 4 is 17.5 Å². The largest absolute Gasteiger partial charge is 0.433 e. The maximum Gasteiger partial charge on any atom is 0.433 e. The van der Waals surface area contributed by atoms with Crippen molar-refractivity contribution in [1.82, 2.24) is 9.78 Å². The summed E-state index contributed by atoms with van der Waals surface area (Å²) < 4.78 is 6.63. The van der Waals surface area contributed by atoms with E-state index in [1.807, 2.05) is 18.3 Å². The highest BCUT2D eigenvalue weighted by molar-refractivity contribution is 6.02. The lowest BCUT2D eigenvalue weighted by atomic mass is 10.2. The van der Waals surface area contributed by atoms with Crippen molar-refractivity contribution < 1.29 is 14.1 Å². The number of amides is 1. The second-order valence-corrected chi connectivity index (χ2v) is 4.75. The van der Waals surface area contributed by atoms with E-state index in [0.29, 0.717) is 12.2 Å². The number of rotatable bonds is 5. The summed E-state index contributed by atoms with van der Waals surface area (Å²) in [5, 5.41) is 17.3. The van der Waals surface area contributed by atoms with Gasteiger partial charge in [0.15, 0.2) is 5.76 Å². The fourth-order valence-electron chi connectivity index (χ4n) is 2.07. The summed E-state index contributed by atoms with van der Waals surface area (Å²) in [7, 11) is 0. The van der Waals surface area contributed by atoms with Crippen LogP contribution in [-0.2, 0) is 6.54 Å². The van der Waals surface area contributed by atoms with Gasteiger partial charge in [-0.2, -0.15) is 5.10 Å². The topological polar surface area (TPSA) is 103 Å². The molecule has 0 fully saturated rings. The second kappa shape index (κ2) is 6.14. The van der Waals surface area contributed by atoms with Crippen molar-refractivity contribution in [3.05, 3.63) is 76.3 Å². The molecule has 0 saturated heterocycles. The number of hydrogen-bond acceptors (Lipinski definition) is 5. The minimum absolute atomic E-state index is 0.117. The molecule has 2 heterocycles. The van der Waals surface area contributed by atoms with Crippen LogP contribution in [0.25, 0.3) is 0 Å². The summed E-state index contributed by atoms with van der Waals surface area (Å²) in [6.45, 7) is 0.572. The molecule has 1 aromatic carbocycles. The third-order valence-corrected chi connectivity index (χ3v) is 3.08. The second-order valence-electron chi connectivity index (χ2n) is 4.75. The van der Waals surface area contributed by atoms with Crippen LogP contribution >= 0.6 is 0 Å². The van der Waals surface area contributed by atoms with Crippen LogP contribution in [0.5, 0.6) is 0 Å². The van der Waals surface area contributed by atoms with Crippen molar-refractivity contribution in [2.45, 2.75) is 6.54 Å². The van der Waals surface area contributed by atoms with Crippen LogP contribution in [0.3, 0.4) is 0 Å². The molecule has 0 spiro atoms. The van der Waals surface area contributed by atoms with Gasteiger partial charge in [-0.15, -0.1) is 0 Å². The van der Waals surface area contributed by atoms with Crippen LogP contribution in [0.1, 0.15) is 16.1 Å². The number of benzene rings is 1. The van der Waals surface area contributed by atoms with Gasteiger partial charge < -0.3 is 9.73 Å². The maximum atomic E-state index is 12.0. The van der Waals surface area contributed by atoms with Crippen LogP contribution in [-0.4, -0.2) is 20.6 Å². The zero-order valence-corrected chi connectivity index (χ0v) is 11.9. The minimum Gasteiger partial charge on any atom is -0.395 e. The minimum atomic E-state index is -0.693. The number of carbonyl (C=O) groups excluding carboxylic acids is 1. The number of nitrogens with one attached hydrogen (secondary N) is 1. The predicted molar refractivity (Wildman–Crippen MR) is 81.1 cm³/mol. The van der Waals surface area contributed by atoms with Gasteiger partial charge in [-0.05, 0) is 29.8 Å². The van der Waals surface area contributed by atoms with E-state index in [1.165, 1.54) is 6.07 Å². The molecule has 0 unspecified atom stereocenters. The Morgan fingerprint density at radius 2 is 2.17 bits per heavy atom. The molecule has 3 rings (SSSR count). The SMILES string of the molecule is O=C(Nc1cccc(Cn2cccn2)c1)c1ccc([N+](=O)[O-])o1. The zero-order valence-electron chi connectivity index (χ0n) is 11.9. The third kappa shape index (κ3) is 3.43. The summed E-state index contributed by atoms with van der Waals surface area (Å²) in [6, 6.07) is 11.5. The third-order valence-electron chi connectivity index (χ3n) is 3.08. The first-order valence-corrected chi connectivity index (χ1v) is 6.74. The standard InChI is InChI=1S/C15H12N4O4/c20-15(13-5-6-14(23-13)19(21)22)17-12-4-1-3-11(9-12)10-18-8-2-7-16-18/h1-9H,10H2,(H,17,20). The molecular formula is C15H12N4O4. The molecular weight excluding hydrogens is 300 g/mol. The van der Waals surface area contributed by atoms with E-state index in [1.54, 1.807) is 29.1 Å². The van der Waals surface area contributed by atoms with Crippen LogP contribution in [0.2, 0.25) is 0 Å². The Hall–Kier alpha value is -3.42. The number of nitrogens with zero attached hydrogens (tertiary/aromatic N) is 3. The molecule has 116 valence electrons. The molecule has 0 aliphatic heterocycles. The lowest BCUT2D eigenvalue weighted by molar-refractivity contribution is -0.402. The Kier molecular flexibility index (Phi) is 3.88. The van der Waals surface area contributed by atoms with E-state index < -0.39 is 16.7 Å². The van der Waals surface area contributed by atoms with Gasteiger partial charge in [-0.1, -0.05) is 12.1 Å². The lowest BCUT2D eigenvalue weighted by Gasteiger charge is -2.06. The van der Waals surface area contributed by atoms with Crippen molar-refractivity contribution in [1.29, 1.82) is 0 Å². The molecule has 0 radical (unpaired) electrons. The van der Waals surface area contributed by atoms with Gasteiger partial charge in [0.05, 0.1) is 12.6 Å². The molecule has 1 amide bonds. The fourth-order valence-corrected chi connectivity index (χ4v) is 2.07. The van der Waals surface area contributed by atoms with E-state index in [9.17, 15) is 14.9 Å². The average molecular weight is 312 g/mol. The summed E-state index contributed by atoms with van der Waals surface area (Å²) >= 11 is 0. The van der Waals surface area contributed by atoms with Gasteiger partial charge in [0.2, 0.25) is 0 Å². The normalized spacial score (nSPS) is 10.4. The van der Waals surface area contributed by atoms with Gasteiger partial charge in [-0.3, -0.25) is 19.6 Å². The monoisotopic (exact) mass is 312 g/mol. The van der Waals surface area contributed by atoms with Crippen molar-refractivity contribution in [2.24, 2.45) is 0 Å². The molecule has 0 aliphatic carbocycles.